The fraction of sp³-hybridized carbons (Fsp3) is 0.292. The van der Waals surface area contributed by atoms with Gasteiger partial charge in [0.05, 0.1) is 6.04 Å². The normalized spacial score (nSPS) is 11.9. The van der Waals surface area contributed by atoms with Crippen LogP contribution < -0.4 is 10.9 Å². The van der Waals surface area contributed by atoms with Gasteiger partial charge < -0.3 is 10.4 Å². The van der Waals surface area contributed by atoms with Crippen molar-refractivity contribution in [3.63, 3.8) is 0 Å². The number of benzene rings is 2. The highest BCUT2D eigenvalue weighted by Gasteiger charge is 2.19. The fourth-order valence-corrected chi connectivity index (χ4v) is 3.46. The molecule has 0 radical (unpaired) electrons. The van der Waals surface area contributed by atoms with E-state index in [1.165, 1.54) is 22.8 Å². The standard InChI is InChI=1S/C24H26FN3O3/c1-15-7-9-18(10-8-15)16(2)26-22(30)14-28-23(19-5-4-6-20(25)13-19)27-17(3)21(11-12-29)24(28)31/h4-10,13,16,29H,11-12,14H2,1-3H3,(H,26,30). The van der Waals surface area contributed by atoms with E-state index in [1.54, 1.807) is 13.0 Å². The van der Waals surface area contributed by atoms with Crippen LogP contribution in [0.3, 0.4) is 0 Å². The van der Waals surface area contributed by atoms with Crippen LogP contribution in [0.25, 0.3) is 11.4 Å². The maximum atomic E-state index is 13.8. The molecule has 3 aromatic rings. The van der Waals surface area contributed by atoms with Crippen molar-refractivity contribution in [3.05, 3.63) is 87.1 Å². The second-order valence-corrected chi connectivity index (χ2v) is 7.57. The van der Waals surface area contributed by atoms with E-state index in [4.69, 9.17) is 0 Å². The van der Waals surface area contributed by atoms with E-state index >= 15 is 0 Å². The van der Waals surface area contributed by atoms with Crippen LogP contribution in [-0.2, 0) is 17.8 Å². The lowest BCUT2D eigenvalue weighted by Gasteiger charge is -2.18. The number of carbonyl (C=O) groups excluding carboxylic acids is 1. The van der Waals surface area contributed by atoms with E-state index in [0.29, 0.717) is 16.8 Å². The van der Waals surface area contributed by atoms with Crippen molar-refractivity contribution in [2.75, 3.05) is 6.61 Å². The number of aliphatic hydroxyl groups is 1. The minimum absolute atomic E-state index is 0.127. The topological polar surface area (TPSA) is 84.2 Å². The Balaban J connectivity index is 1.96. The van der Waals surface area contributed by atoms with Crippen LogP contribution in [0.1, 0.15) is 35.3 Å². The van der Waals surface area contributed by atoms with Gasteiger partial charge in [0.25, 0.3) is 5.56 Å². The van der Waals surface area contributed by atoms with E-state index in [2.05, 4.69) is 10.3 Å². The van der Waals surface area contributed by atoms with Gasteiger partial charge in [0, 0.05) is 29.8 Å². The largest absolute Gasteiger partial charge is 0.396 e. The first-order chi connectivity index (χ1) is 14.8. The summed E-state index contributed by atoms with van der Waals surface area (Å²) in [5, 5.41) is 12.2. The molecule has 1 unspecified atom stereocenters. The van der Waals surface area contributed by atoms with Gasteiger partial charge in [-0.2, -0.15) is 0 Å². The third kappa shape index (κ3) is 5.24. The summed E-state index contributed by atoms with van der Waals surface area (Å²) in [5.41, 5.74) is 2.83. The maximum absolute atomic E-state index is 13.8. The molecule has 31 heavy (non-hydrogen) atoms. The second kappa shape index (κ2) is 9.66. The summed E-state index contributed by atoms with van der Waals surface area (Å²) in [7, 11) is 0. The molecule has 0 aliphatic rings. The van der Waals surface area contributed by atoms with E-state index in [1.807, 2.05) is 38.1 Å². The summed E-state index contributed by atoms with van der Waals surface area (Å²) < 4.78 is 15.0. The number of halogens is 1. The number of hydrogen-bond acceptors (Lipinski definition) is 4. The number of rotatable bonds is 7. The van der Waals surface area contributed by atoms with Gasteiger partial charge in [0.1, 0.15) is 18.2 Å². The number of nitrogens with one attached hydrogen (secondary N) is 1. The Hall–Kier alpha value is -3.32. The molecular weight excluding hydrogens is 397 g/mol. The zero-order valence-corrected chi connectivity index (χ0v) is 17.9. The zero-order chi connectivity index (χ0) is 22.5. The number of aromatic nitrogens is 2. The first-order valence-electron chi connectivity index (χ1n) is 10.1. The monoisotopic (exact) mass is 423 g/mol. The van der Waals surface area contributed by atoms with Crippen molar-refractivity contribution in [3.8, 4) is 11.4 Å². The second-order valence-electron chi connectivity index (χ2n) is 7.57. The van der Waals surface area contributed by atoms with Crippen molar-refractivity contribution >= 4 is 5.91 Å². The van der Waals surface area contributed by atoms with Crippen LogP contribution in [0, 0.1) is 19.7 Å². The third-order valence-electron chi connectivity index (χ3n) is 5.17. The summed E-state index contributed by atoms with van der Waals surface area (Å²) in [4.78, 5) is 30.4. The van der Waals surface area contributed by atoms with Crippen LogP contribution in [0.4, 0.5) is 4.39 Å². The predicted molar refractivity (Wildman–Crippen MR) is 117 cm³/mol. The molecule has 1 aromatic heterocycles. The Morgan fingerprint density at radius 1 is 1.19 bits per heavy atom. The van der Waals surface area contributed by atoms with E-state index in [-0.39, 0.29) is 37.3 Å². The minimum Gasteiger partial charge on any atom is -0.396 e. The molecule has 0 aliphatic carbocycles. The van der Waals surface area contributed by atoms with Crippen LogP contribution in [0.5, 0.6) is 0 Å². The fourth-order valence-electron chi connectivity index (χ4n) is 3.46. The van der Waals surface area contributed by atoms with Crippen LogP contribution >= 0.6 is 0 Å². The van der Waals surface area contributed by atoms with Gasteiger partial charge in [0.2, 0.25) is 5.91 Å². The van der Waals surface area contributed by atoms with Crippen molar-refractivity contribution in [2.24, 2.45) is 0 Å². The highest BCUT2D eigenvalue weighted by atomic mass is 19.1. The highest BCUT2D eigenvalue weighted by molar-refractivity contribution is 5.77. The summed E-state index contributed by atoms with van der Waals surface area (Å²) in [6.45, 7) is 5.03. The van der Waals surface area contributed by atoms with Gasteiger partial charge >= 0.3 is 0 Å². The van der Waals surface area contributed by atoms with E-state index in [9.17, 15) is 19.1 Å². The van der Waals surface area contributed by atoms with E-state index < -0.39 is 11.4 Å². The molecule has 0 spiro atoms. The average Bonchev–Trinajstić information content (AvgIpc) is 2.73. The van der Waals surface area contributed by atoms with Crippen LogP contribution in [0.15, 0.2) is 53.3 Å². The zero-order valence-electron chi connectivity index (χ0n) is 17.9. The molecule has 1 amide bonds. The van der Waals surface area contributed by atoms with Crippen LogP contribution in [0.2, 0.25) is 0 Å². The maximum Gasteiger partial charge on any atom is 0.257 e. The number of amides is 1. The van der Waals surface area contributed by atoms with Crippen molar-refractivity contribution in [1.82, 2.24) is 14.9 Å². The van der Waals surface area contributed by atoms with Crippen LogP contribution in [-0.4, -0.2) is 27.2 Å². The average molecular weight is 423 g/mol. The summed E-state index contributed by atoms with van der Waals surface area (Å²) in [6.07, 6.45) is 0.127. The first kappa shape index (κ1) is 22.4. The summed E-state index contributed by atoms with van der Waals surface area (Å²) >= 11 is 0. The molecule has 0 saturated heterocycles. The molecule has 2 N–H and O–H groups in total. The Kier molecular flexibility index (Phi) is 6.97. The third-order valence-corrected chi connectivity index (χ3v) is 5.17. The summed E-state index contributed by atoms with van der Waals surface area (Å²) in [6, 6.07) is 13.3. The Morgan fingerprint density at radius 3 is 2.55 bits per heavy atom. The molecular formula is C24H26FN3O3. The molecule has 6 nitrogen and oxygen atoms in total. The lowest BCUT2D eigenvalue weighted by Crippen LogP contribution is -2.36. The Labute approximate surface area is 180 Å². The number of aryl methyl sites for hydroxylation is 2. The molecule has 1 heterocycles. The number of hydrogen-bond donors (Lipinski definition) is 2. The molecule has 2 aromatic carbocycles. The smallest absolute Gasteiger partial charge is 0.257 e. The molecule has 1 atom stereocenters. The van der Waals surface area contributed by atoms with Gasteiger partial charge in [-0.25, -0.2) is 9.37 Å². The molecule has 0 fully saturated rings. The van der Waals surface area contributed by atoms with Gasteiger partial charge in [-0.05, 0) is 38.5 Å². The Bertz CT molecular complexity index is 1140. The summed E-state index contributed by atoms with van der Waals surface area (Å²) in [5.74, 6) is -0.622. The van der Waals surface area contributed by atoms with Gasteiger partial charge in [0.15, 0.2) is 0 Å². The molecule has 0 aliphatic heterocycles. The lowest BCUT2D eigenvalue weighted by atomic mass is 10.1. The molecule has 7 heteroatoms. The van der Waals surface area contributed by atoms with Gasteiger partial charge in [-0.15, -0.1) is 0 Å². The van der Waals surface area contributed by atoms with Crippen molar-refractivity contribution in [2.45, 2.75) is 39.8 Å². The van der Waals surface area contributed by atoms with Crippen molar-refractivity contribution < 1.29 is 14.3 Å². The van der Waals surface area contributed by atoms with Gasteiger partial charge in [-0.1, -0.05) is 42.0 Å². The molecule has 162 valence electrons. The number of nitrogens with zero attached hydrogens (tertiary/aromatic N) is 2. The first-order valence-corrected chi connectivity index (χ1v) is 10.1. The lowest BCUT2D eigenvalue weighted by molar-refractivity contribution is -0.122. The van der Waals surface area contributed by atoms with Crippen molar-refractivity contribution in [1.29, 1.82) is 0 Å². The number of aliphatic hydroxyl groups excluding tert-OH is 1. The minimum atomic E-state index is -0.465. The molecule has 0 saturated carbocycles. The van der Waals surface area contributed by atoms with Gasteiger partial charge in [-0.3, -0.25) is 14.2 Å². The van der Waals surface area contributed by atoms with E-state index in [0.717, 1.165) is 11.1 Å². The number of carbonyl (C=O) groups is 1. The Morgan fingerprint density at radius 2 is 1.90 bits per heavy atom. The highest BCUT2D eigenvalue weighted by Crippen LogP contribution is 2.19. The molecule has 3 rings (SSSR count). The SMILES string of the molecule is Cc1ccc(C(C)NC(=O)Cn2c(-c3cccc(F)c3)nc(C)c(CCO)c2=O)cc1. The quantitative estimate of drug-likeness (QED) is 0.612. The molecule has 0 bridgehead atoms. The predicted octanol–water partition coefficient (Wildman–Crippen LogP) is 3.08.